The molecule has 5 heteroatoms. The third-order valence-electron chi connectivity index (χ3n) is 2.77. The van der Waals surface area contributed by atoms with Crippen LogP contribution in [0.1, 0.15) is 24.0 Å². The Bertz CT molecular complexity index is 503. The standard InChI is InChI=1S/C12H17N5/c1-4-17-6-5-14-11(17)7-10-9(2)8-15-12(13-3)16-10/h5-6,8H,4,7H2,1-3H3,(H,13,15,16). The van der Waals surface area contributed by atoms with E-state index < -0.39 is 0 Å². The van der Waals surface area contributed by atoms with Gasteiger partial charge < -0.3 is 9.88 Å². The van der Waals surface area contributed by atoms with Crippen molar-refractivity contribution in [2.75, 3.05) is 12.4 Å². The molecule has 0 atom stereocenters. The third-order valence-corrected chi connectivity index (χ3v) is 2.77. The van der Waals surface area contributed by atoms with E-state index in [1.54, 1.807) is 0 Å². The highest BCUT2D eigenvalue weighted by Gasteiger charge is 2.08. The summed E-state index contributed by atoms with van der Waals surface area (Å²) < 4.78 is 2.13. The Morgan fingerprint density at radius 3 is 2.88 bits per heavy atom. The summed E-state index contributed by atoms with van der Waals surface area (Å²) in [5, 5.41) is 2.95. The molecule has 5 nitrogen and oxygen atoms in total. The summed E-state index contributed by atoms with van der Waals surface area (Å²) in [6.45, 7) is 5.06. The molecule has 2 aromatic heterocycles. The SMILES string of the molecule is CCn1ccnc1Cc1nc(NC)ncc1C. The average molecular weight is 231 g/mol. The van der Waals surface area contributed by atoms with Gasteiger partial charge in [0.05, 0.1) is 5.69 Å². The minimum atomic E-state index is 0.653. The van der Waals surface area contributed by atoms with Gasteiger partial charge in [0.2, 0.25) is 5.95 Å². The van der Waals surface area contributed by atoms with Gasteiger partial charge in [0.25, 0.3) is 0 Å². The molecule has 0 aromatic carbocycles. The smallest absolute Gasteiger partial charge is 0.222 e. The first-order valence-electron chi connectivity index (χ1n) is 5.75. The summed E-state index contributed by atoms with van der Waals surface area (Å²) in [6.07, 6.45) is 6.40. The van der Waals surface area contributed by atoms with E-state index in [1.165, 1.54) is 0 Å². The van der Waals surface area contributed by atoms with Crippen LogP contribution in [-0.4, -0.2) is 26.6 Å². The summed E-state index contributed by atoms with van der Waals surface area (Å²) in [5.41, 5.74) is 2.11. The van der Waals surface area contributed by atoms with Gasteiger partial charge in [-0.3, -0.25) is 0 Å². The van der Waals surface area contributed by atoms with Crippen LogP contribution in [0.15, 0.2) is 18.6 Å². The highest BCUT2D eigenvalue weighted by atomic mass is 15.1. The van der Waals surface area contributed by atoms with Crippen LogP contribution in [0.4, 0.5) is 5.95 Å². The van der Waals surface area contributed by atoms with Gasteiger partial charge in [-0.2, -0.15) is 0 Å². The molecule has 0 radical (unpaired) electrons. The molecule has 2 heterocycles. The molecule has 2 rings (SSSR count). The number of hydrogen-bond donors (Lipinski definition) is 1. The van der Waals surface area contributed by atoms with E-state index in [0.717, 1.165) is 30.0 Å². The van der Waals surface area contributed by atoms with Crippen LogP contribution in [0.25, 0.3) is 0 Å². The second-order valence-electron chi connectivity index (χ2n) is 3.88. The van der Waals surface area contributed by atoms with Crippen molar-refractivity contribution in [1.29, 1.82) is 0 Å². The van der Waals surface area contributed by atoms with Crippen LogP contribution in [0, 0.1) is 6.92 Å². The van der Waals surface area contributed by atoms with Gasteiger partial charge in [-0.25, -0.2) is 15.0 Å². The zero-order valence-corrected chi connectivity index (χ0v) is 10.4. The summed E-state index contributed by atoms with van der Waals surface area (Å²) in [4.78, 5) is 13.0. The van der Waals surface area contributed by atoms with Crippen molar-refractivity contribution >= 4 is 5.95 Å². The van der Waals surface area contributed by atoms with Crippen molar-refractivity contribution < 1.29 is 0 Å². The highest BCUT2D eigenvalue weighted by molar-refractivity contribution is 5.29. The molecule has 0 saturated carbocycles. The third kappa shape index (κ3) is 2.43. The van der Waals surface area contributed by atoms with Crippen molar-refractivity contribution in [2.24, 2.45) is 0 Å². The van der Waals surface area contributed by atoms with Crippen molar-refractivity contribution in [1.82, 2.24) is 19.5 Å². The number of rotatable bonds is 4. The molecular weight excluding hydrogens is 214 g/mol. The quantitative estimate of drug-likeness (QED) is 0.869. The van der Waals surface area contributed by atoms with Crippen molar-refractivity contribution in [3.05, 3.63) is 35.7 Å². The Balaban J connectivity index is 2.29. The van der Waals surface area contributed by atoms with E-state index in [9.17, 15) is 0 Å². The molecule has 0 aliphatic carbocycles. The van der Waals surface area contributed by atoms with Gasteiger partial charge in [-0.1, -0.05) is 0 Å². The fourth-order valence-electron chi connectivity index (χ4n) is 1.72. The van der Waals surface area contributed by atoms with Crippen LogP contribution in [0.3, 0.4) is 0 Å². The zero-order valence-electron chi connectivity index (χ0n) is 10.4. The number of nitrogens with one attached hydrogen (secondary N) is 1. The molecular formula is C12H17N5. The van der Waals surface area contributed by atoms with Crippen molar-refractivity contribution in [3.8, 4) is 0 Å². The van der Waals surface area contributed by atoms with Gasteiger partial charge in [-0.15, -0.1) is 0 Å². The lowest BCUT2D eigenvalue weighted by Gasteiger charge is -2.08. The molecule has 17 heavy (non-hydrogen) atoms. The molecule has 0 fully saturated rings. The maximum Gasteiger partial charge on any atom is 0.222 e. The zero-order chi connectivity index (χ0) is 12.3. The van der Waals surface area contributed by atoms with E-state index >= 15 is 0 Å². The molecule has 0 saturated heterocycles. The van der Waals surface area contributed by atoms with Crippen molar-refractivity contribution in [3.63, 3.8) is 0 Å². The molecule has 0 unspecified atom stereocenters. The number of hydrogen-bond acceptors (Lipinski definition) is 4. The minimum absolute atomic E-state index is 0.653. The first-order chi connectivity index (χ1) is 8.24. The Kier molecular flexibility index (Phi) is 3.37. The van der Waals surface area contributed by atoms with Gasteiger partial charge >= 0.3 is 0 Å². The molecule has 2 aromatic rings. The van der Waals surface area contributed by atoms with Crippen LogP contribution < -0.4 is 5.32 Å². The van der Waals surface area contributed by atoms with Crippen LogP contribution in [0.5, 0.6) is 0 Å². The maximum absolute atomic E-state index is 4.47. The molecule has 1 N–H and O–H groups in total. The number of imidazole rings is 1. The largest absolute Gasteiger partial charge is 0.357 e. The van der Waals surface area contributed by atoms with Crippen molar-refractivity contribution in [2.45, 2.75) is 26.8 Å². The fourth-order valence-corrected chi connectivity index (χ4v) is 1.72. The Morgan fingerprint density at radius 1 is 1.35 bits per heavy atom. The molecule has 0 aliphatic heterocycles. The Hall–Kier alpha value is -1.91. The summed E-state index contributed by atoms with van der Waals surface area (Å²) in [5.74, 6) is 1.69. The van der Waals surface area contributed by atoms with E-state index in [1.807, 2.05) is 32.6 Å². The lowest BCUT2D eigenvalue weighted by Crippen LogP contribution is -2.07. The second-order valence-corrected chi connectivity index (χ2v) is 3.88. The van der Waals surface area contributed by atoms with E-state index in [2.05, 4.69) is 31.8 Å². The lowest BCUT2D eigenvalue weighted by atomic mass is 10.2. The Labute approximate surface area is 101 Å². The first-order valence-corrected chi connectivity index (χ1v) is 5.75. The highest BCUT2D eigenvalue weighted by Crippen LogP contribution is 2.11. The molecule has 90 valence electrons. The van der Waals surface area contributed by atoms with Gasteiger partial charge in [0.1, 0.15) is 5.82 Å². The predicted molar refractivity (Wildman–Crippen MR) is 67.0 cm³/mol. The average Bonchev–Trinajstić information content (AvgIpc) is 2.79. The topological polar surface area (TPSA) is 55.6 Å². The monoisotopic (exact) mass is 231 g/mol. The summed E-state index contributed by atoms with van der Waals surface area (Å²) >= 11 is 0. The number of aryl methyl sites for hydroxylation is 2. The number of nitrogens with zero attached hydrogens (tertiary/aromatic N) is 4. The maximum atomic E-state index is 4.47. The van der Waals surface area contributed by atoms with Crippen LogP contribution in [-0.2, 0) is 13.0 Å². The fraction of sp³-hybridized carbons (Fsp3) is 0.417. The molecule has 0 bridgehead atoms. The van der Waals surface area contributed by atoms with Crippen LogP contribution in [0.2, 0.25) is 0 Å². The summed E-state index contributed by atoms with van der Waals surface area (Å²) in [7, 11) is 1.82. The van der Waals surface area contributed by atoms with E-state index in [-0.39, 0.29) is 0 Å². The van der Waals surface area contributed by atoms with Gasteiger partial charge in [0, 0.05) is 38.6 Å². The van der Waals surface area contributed by atoms with Gasteiger partial charge in [-0.05, 0) is 19.4 Å². The second kappa shape index (κ2) is 4.95. The molecule has 0 aliphatic rings. The van der Waals surface area contributed by atoms with Crippen LogP contribution >= 0.6 is 0 Å². The molecule has 0 spiro atoms. The summed E-state index contributed by atoms with van der Waals surface area (Å²) in [6, 6.07) is 0. The van der Waals surface area contributed by atoms with Gasteiger partial charge in [0.15, 0.2) is 0 Å². The van der Waals surface area contributed by atoms with E-state index in [4.69, 9.17) is 0 Å². The molecule has 0 amide bonds. The van der Waals surface area contributed by atoms with E-state index in [0.29, 0.717) is 5.95 Å². The number of aromatic nitrogens is 4. The lowest BCUT2D eigenvalue weighted by molar-refractivity contribution is 0.707. The normalized spacial score (nSPS) is 10.5. The first kappa shape index (κ1) is 11.6. The minimum Gasteiger partial charge on any atom is -0.357 e. The Morgan fingerprint density at radius 2 is 2.18 bits per heavy atom. The number of anilines is 1. The predicted octanol–water partition coefficient (Wildman–Crippen LogP) is 1.63.